The number of phenols is 1. The molecule has 112 valence electrons. The summed E-state index contributed by atoms with van der Waals surface area (Å²) in [7, 11) is 0. The molecule has 1 unspecified atom stereocenters. The number of rotatable bonds is 3. The highest BCUT2D eigenvalue weighted by atomic mass is 16.3. The van der Waals surface area contributed by atoms with Crippen LogP contribution in [0, 0.1) is 0 Å². The third kappa shape index (κ3) is 2.48. The second-order valence-corrected chi connectivity index (χ2v) is 5.52. The summed E-state index contributed by atoms with van der Waals surface area (Å²) >= 11 is 0. The molecule has 22 heavy (non-hydrogen) atoms. The molecule has 2 aromatic carbocycles. The molecule has 4 heteroatoms. The lowest BCUT2D eigenvalue weighted by Crippen LogP contribution is -2.09. The van der Waals surface area contributed by atoms with Crippen molar-refractivity contribution in [3.63, 3.8) is 0 Å². The van der Waals surface area contributed by atoms with Gasteiger partial charge in [0.15, 0.2) is 0 Å². The van der Waals surface area contributed by atoms with E-state index in [1.807, 2.05) is 18.2 Å². The molecule has 0 saturated heterocycles. The van der Waals surface area contributed by atoms with Crippen LogP contribution in [0.25, 0.3) is 22.3 Å². The van der Waals surface area contributed by atoms with Crippen LogP contribution in [0.2, 0.25) is 0 Å². The lowest BCUT2D eigenvalue weighted by atomic mass is 9.96. The molecule has 1 aromatic heterocycles. The largest absolute Gasteiger partial charge is 0.507 e. The maximum Gasteiger partial charge on any atom is 0.259 e. The molecule has 0 amide bonds. The smallest absolute Gasteiger partial charge is 0.259 e. The number of H-pyrrole nitrogens is 1. The SMILES string of the molecule is CCC(C)c1ccc(O)c(-c2nc3ccccc3c(=O)[nH]2)c1. The van der Waals surface area contributed by atoms with Gasteiger partial charge in [-0.15, -0.1) is 0 Å². The van der Waals surface area contributed by atoms with Gasteiger partial charge in [-0.3, -0.25) is 4.79 Å². The Hall–Kier alpha value is -2.62. The molecular formula is C18H18N2O2. The first-order valence-electron chi connectivity index (χ1n) is 7.42. The van der Waals surface area contributed by atoms with Crippen molar-refractivity contribution in [1.29, 1.82) is 0 Å². The van der Waals surface area contributed by atoms with Gasteiger partial charge in [0.1, 0.15) is 11.6 Å². The first-order valence-corrected chi connectivity index (χ1v) is 7.42. The Morgan fingerprint density at radius 3 is 2.77 bits per heavy atom. The minimum absolute atomic E-state index is 0.116. The maximum absolute atomic E-state index is 12.2. The van der Waals surface area contributed by atoms with Crippen LogP contribution >= 0.6 is 0 Å². The second kappa shape index (κ2) is 5.64. The lowest BCUT2D eigenvalue weighted by molar-refractivity contribution is 0.476. The summed E-state index contributed by atoms with van der Waals surface area (Å²) in [5.41, 5.74) is 2.09. The van der Waals surface area contributed by atoms with Crippen LogP contribution in [0.4, 0.5) is 0 Å². The summed E-state index contributed by atoms with van der Waals surface area (Å²) in [6, 6.07) is 12.6. The molecule has 0 fully saturated rings. The molecule has 3 aromatic rings. The molecule has 0 bridgehead atoms. The minimum atomic E-state index is -0.200. The zero-order valence-electron chi connectivity index (χ0n) is 12.6. The summed E-state index contributed by atoms with van der Waals surface area (Å²) in [6.07, 6.45) is 1.01. The van der Waals surface area contributed by atoms with Crippen LogP contribution in [-0.2, 0) is 0 Å². The zero-order chi connectivity index (χ0) is 15.7. The van der Waals surface area contributed by atoms with E-state index in [1.54, 1.807) is 24.3 Å². The van der Waals surface area contributed by atoms with E-state index in [0.717, 1.165) is 12.0 Å². The average Bonchev–Trinajstić information content (AvgIpc) is 2.54. The van der Waals surface area contributed by atoms with Crippen molar-refractivity contribution in [3.8, 4) is 17.1 Å². The quantitative estimate of drug-likeness (QED) is 0.772. The van der Waals surface area contributed by atoms with Crippen molar-refractivity contribution in [2.75, 3.05) is 0 Å². The second-order valence-electron chi connectivity index (χ2n) is 5.52. The van der Waals surface area contributed by atoms with E-state index in [0.29, 0.717) is 28.2 Å². The van der Waals surface area contributed by atoms with Gasteiger partial charge >= 0.3 is 0 Å². The molecular weight excluding hydrogens is 276 g/mol. The highest BCUT2D eigenvalue weighted by Crippen LogP contribution is 2.31. The summed E-state index contributed by atoms with van der Waals surface area (Å²) in [5, 5.41) is 10.7. The fourth-order valence-electron chi connectivity index (χ4n) is 2.50. The molecule has 0 saturated carbocycles. The summed E-state index contributed by atoms with van der Waals surface area (Å²) in [6.45, 7) is 4.25. The molecule has 0 radical (unpaired) electrons. The van der Waals surface area contributed by atoms with Gasteiger partial charge < -0.3 is 10.1 Å². The number of nitrogens with one attached hydrogen (secondary N) is 1. The van der Waals surface area contributed by atoms with Crippen molar-refractivity contribution in [2.24, 2.45) is 0 Å². The van der Waals surface area contributed by atoms with Gasteiger partial charge in [0.25, 0.3) is 5.56 Å². The van der Waals surface area contributed by atoms with Gasteiger partial charge in [0.2, 0.25) is 0 Å². The molecule has 3 rings (SSSR count). The van der Waals surface area contributed by atoms with E-state index in [-0.39, 0.29) is 11.3 Å². The zero-order valence-corrected chi connectivity index (χ0v) is 12.6. The highest BCUT2D eigenvalue weighted by Gasteiger charge is 2.12. The molecule has 1 heterocycles. The van der Waals surface area contributed by atoms with Crippen molar-refractivity contribution in [3.05, 3.63) is 58.4 Å². The van der Waals surface area contributed by atoms with E-state index in [2.05, 4.69) is 23.8 Å². The average molecular weight is 294 g/mol. The first kappa shape index (κ1) is 14.3. The predicted molar refractivity (Wildman–Crippen MR) is 88.2 cm³/mol. The summed E-state index contributed by atoms with van der Waals surface area (Å²) in [5.74, 6) is 0.892. The normalized spacial score (nSPS) is 12.5. The van der Waals surface area contributed by atoms with Crippen molar-refractivity contribution in [1.82, 2.24) is 9.97 Å². The number of phenolic OH excluding ortho intramolecular Hbond substituents is 1. The number of aromatic amines is 1. The maximum atomic E-state index is 12.2. The Bertz CT molecular complexity index is 884. The van der Waals surface area contributed by atoms with Crippen LogP contribution in [0.5, 0.6) is 5.75 Å². The van der Waals surface area contributed by atoms with E-state index < -0.39 is 0 Å². The minimum Gasteiger partial charge on any atom is -0.507 e. The number of benzene rings is 2. The van der Waals surface area contributed by atoms with Crippen LogP contribution in [0.15, 0.2) is 47.3 Å². The third-order valence-corrected chi connectivity index (χ3v) is 4.07. The number of para-hydroxylation sites is 1. The molecule has 4 nitrogen and oxygen atoms in total. The predicted octanol–water partition coefficient (Wildman–Crippen LogP) is 3.81. The van der Waals surface area contributed by atoms with E-state index in [1.165, 1.54) is 0 Å². The molecule has 1 atom stereocenters. The number of aromatic nitrogens is 2. The van der Waals surface area contributed by atoms with E-state index in [9.17, 15) is 9.90 Å². The molecule has 0 aliphatic carbocycles. The number of nitrogens with zero attached hydrogens (tertiary/aromatic N) is 1. The fraction of sp³-hybridized carbons (Fsp3) is 0.222. The number of hydrogen-bond acceptors (Lipinski definition) is 3. The molecule has 0 spiro atoms. The number of hydrogen-bond donors (Lipinski definition) is 2. The highest BCUT2D eigenvalue weighted by molar-refractivity contribution is 5.80. The summed E-state index contributed by atoms with van der Waals surface area (Å²) in [4.78, 5) is 19.4. The van der Waals surface area contributed by atoms with E-state index in [4.69, 9.17) is 0 Å². The Morgan fingerprint density at radius 1 is 1.23 bits per heavy atom. The van der Waals surface area contributed by atoms with Crippen LogP contribution < -0.4 is 5.56 Å². The van der Waals surface area contributed by atoms with Crippen LogP contribution in [0.3, 0.4) is 0 Å². The van der Waals surface area contributed by atoms with Crippen LogP contribution in [-0.4, -0.2) is 15.1 Å². The summed E-state index contributed by atoms with van der Waals surface area (Å²) < 4.78 is 0. The number of aromatic hydroxyl groups is 1. The first-order chi connectivity index (χ1) is 10.6. The van der Waals surface area contributed by atoms with Gasteiger partial charge in [-0.25, -0.2) is 4.98 Å². The third-order valence-electron chi connectivity index (χ3n) is 4.07. The van der Waals surface area contributed by atoms with E-state index >= 15 is 0 Å². The monoisotopic (exact) mass is 294 g/mol. The molecule has 0 aliphatic heterocycles. The Kier molecular flexibility index (Phi) is 3.67. The molecule has 0 aliphatic rings. The Labute approximate surface area is 128 Å². The topological polar surface area (TPSA) is 66.0 Å². The lowest BCUT2D eigenvalue weighted by Gasteiger charge is -2.12. The van der Waals surface area contributed by atoms with Crippen molar-refractivity contribution >= 4 is 10.9 Å². The Balaban J connectivity index is 2.21. The van der Waals surface area contributed by atoms with Crippen molar-refractivity contribution < 1.29 is 5.11 Å². The standard InChI is InChI=1S/C18H18N2O2/c1-3-11(2)12-8-9-16(21)14(10-12)17-19-15-7-5-4-6-13(15)18(22)20-17/h4-11,21H,3H2,1-2H3,(H,19,20,22). The Morgan fingerprint density at radius 2 is 2.00 bits per heavy atom. The van der Waals surface area contributed by atoms with Gasteiger partial charge in [-0.2, -0.15) is 0 Å². The van der Waals surface area contributed by atoms with Gasteiger partial charge in [-0.05, 0) is 42.2 Å². The van der Waals surface area contributed by atoms with Gasteiger partial charge in [0.05, 0.1) is 16.5 Å². The van der Waals surface area contributed by atoms with Crippen LogP contribution in [0.1, 0.15) is 31.7 Å². The van der Waals surface area contributed by atoms with Gasteiger partial charge in [0, 0.05) is 0 Å². The number of fused-ring (bicyclic) bond motifs is 1. The fourth-order valence-corrected chi connectivity index (χ4v) is 2.50. The van der Waals surface area contributed by atoms with Gasteiger partial charge in [-0.1, -0.05) is 32.0 Å². The van der Waals surface area contributed by atoms with Crippen molar-refractivity contribution in [2.45, 2.75) is 26.2 Å². The molecule has 2 N–H and O–H groups in total.